The topological polar surface area (TPSA) is 196 Å². The summed E-state index contributed by atoms with van der Waals surface area (Å²) in [5, 5.41) is 19.0. The lowest BCUT2D eigenvalue weighted by Gasteiger charge is -2.13. The third-order valence-corrected chi connectivity index (χ3v) is 10.4. The summed E-state index contributed by atoms with van der Waals surface area (Å²) < 4.78 is 32.1. The number of ether oxygens (including phenoxy) is 1. The summed E-state index contributed by atoms with van der Waals surface area (Å²) in [6.45, 7) is 5.55. The zero-order valence-electron chi connectivity index (χ0n) is 31.5. The van der Waals surface area contributed by atoms with Crippen molar-refractivity contribution in [2.75, 3.05) is 37.2 Å². The number of urea groups is 3. The van der Waals surface area contributed by atoms with E-state index in [1.54, 1.807) is 92.7 Å². The van der Waals surface area contributed by atoms with E-state index in [-0.39, 0.29) is 9.79 Å². The molecule has 0 saturated carbocycles. The molecule has 0 fully saturated rings. The van der Waals surface area contributed by atoms with Crippen LogP contribution in [-0.4, -0.2) is 32.6 Å². The van der Waals surface area contributed by atoms with Gasteiger partial charge in [-0.15, -0.1) is 0 Å². The highest BCUT2D eigenvalue weighted by Gasteiger charge is 2.18. The molecule has 0 saturated heterocycles. The highest BCUT2D eigenvalue weighted by atomic mass is 32.2. The van der Waals surface area contributed by atoms with Gasteiger partial charge in [0.1, 0.15) is 5.75 Å². The van der Waals surface area contributed by atoms with E-state index in [0.29, 0.717) is 45.6 Å². The first-order valence-corrected chi connectivity index (χ1v) is 19.3. The highest BCUT2D eigenvalue weighted by Crippen LogP contribution is 2.26. The van der Waals surface area contributed by atoms with E-state index < -0.39 is 34.0 Å². The summed E-state index contributed by atoms with van der Waals surface area (Å²) in [5.74, 6) is 0.380. The number of aryl methyl sites for hydroxylation is 3. The minimum atomic E-state index is -3.95. The maximum atomic E-state index is 13.4. The fraction of sp³-hybridized carbons (Fsp3) is 0.0698. The van der Waals surface area contributed by atoms with E-state index in [1.165, 1.54) is 48.5 Å². The van der Waals surface area contributed by atoms with Crippen molar-refractivity contribution in [2.24, 2.45) is 0 Å². The Morgan fingerprint density at radius 3 is 1.28 bits per heavy atom. The maximum Gasteiger partial charge on any atom is 0.417 e. The zero-order chi connectivity index (χ0) is 41.2. The molecule has 0 heterocycles. The van der Waals surface area contributed by atoms with Crippen LogP contribution in [-0.2, 0) is 9.84 Å². The van der Waals surface area contributed by atoms with Crippen molar-refractivity contribution >= 4 is 73.8 Å². The lowest BCUT2D eigenvalue weighted by atomic mass is 10.2. The van der Waals surface area contributed by atoms with E-state index in [2.05, 4.69) is 37.2 Å². The van der Waals surface area contributed by atoms with Gasteiger partial charge < -0.3 is 36.6 Å². The van der Waals surface area contributed by atoms with E-state index in [9.17, 15) is 27.6 Å². The molecule has 294 valence electrons. The summed E-state index contributed by atoms with van der Waals surface area (Å²) >= 11 is 0. The van der Waals surface area contributed by atoms with Crippen LogP contribution in [0, 0.1) is 20.8 Å². The summed E-state index contributed by atoms with van der Waals surface area (Å²) in [7, 11) is -3.95. The standard InChI is InChI=1S/C43H39N7O7S/c1-27-9-13-30(14-10-27)44-40(51)47-33-15-11-28(2)38(25-33)49-42(53)46-32-19-23-37(24-20-32)58(55,56)36-21-17-31(18-22-36)45-41(52)48-34-16-12-29(3)39(26-34)50-43(54)57-35-7-5-4-6-8-35/h4-26H,1-3H3,(H,50,54)(H2,44,47,51)(H2,45,48,52)(H2,46,49,53). The molecule has 0 radical (unpaired) electrons. The Morgan fingerprint density at radius 2 is 0.810 bits per heavy atom. The normalized spacial score (nSPS) is 10.7. The van der Waals surface area contributed by atoms with Crippen molar-refractivity contribution in [2.45, 2.75) is 30.6 Å². The number of para-hydroxylation sites is 1. The monoisotopic (exact) mass is 797 g/mol. The second-order valence-electron chi connectivity index (χ2n) is 13.0. The first kappa shape index (κ1) is 40.0. The number of nitrogens with one attached hydrogen (secondary N) is 7. The van der Waals surface area contributed by atoms with Crippen LogP contribution in [0.25, 0.3) is 0 Å². The number of carbonyl (C=O) groups is 4. The van der Waals surface area contributed by atoms with Crippen molar-refractivity contribution in [1.82, 2.24) is 0 Å². The number of hydrogen-bond donors (Lipinski definition) is 7. The average Bonchev–Trinajstić information content (AvgIpc) is 3.19. The Balaban J connectivity index is 1.00. The van der Waals surface area contributed by atoms with Gasteiger partial charge in [-0.2, -0.15) is 0 Å². The van der Waals surface area contributed by atoms with Crippen LogP contribution in [0.15, 0.2) is 149 Å². The fourth-order valence-electron chi connectivity index (χ4n) is 5.48. The quantitative estimate of drug-likeness (QED) is 0.0716. The molecule has 0 unspecified atom stereocenters. The number of hydrogen-bond acceptors (Lipinski definition) is 7. The summed E-state index contributed by atoms with van der Waals surface area (Å²) in [6.07, 6.45) is -0.688. The molecular formula is C43H39N7O7S. The number of benzene rings is 6. The number of carbonyl (C=O) groups excluding carboxylic acids is 4. The van der Waals surface area contributed by atoms with E-state index in [1.807, 2.05) is 19.1 Å². The lowest BCUT2D eigenvalue weighted by molar-refractivity contribution is 0.215. The minimum Gasteiger partial charge on any atom is -0.410 e. The molecule has 14 nitrogen and oxygen atoms in total. The molecule has 0 aliphatic carbocycles. The first-order valence-electron chi connectivity index (χ1n) is 17.8. The predicted octanol–water partition coefficient (Wildman–Crippen LogP) is 9.99. The average molecular weight is 798 g/mol. The minimum absolute atomic E-state index is 0.00752. The van der Waals surface area contributed by atoms with Crippen molar-refractivity contribution in [3.05, 3.63) is 156 Å². The number of anilines is 7. The van der Waals surface area contributed by atoms with Crippen LogP contribution in [0.5, 0.6) is 5.75 Å². The Bertz CT molecular complexity index is 2570. The Morgan fingerprint density at radius 1 is 0.431 bits per heavy atom. The van der Waals surface area contributed by atoms with Gasteiger partial charge in [0.05, 0.1) is 9.79 Å². The van der Waals surface area contributed by atoms with Crippen LogP contribution < -0.4 is 42.0 Å². The Labute approximate surface area is 335 Å². The van der Waals surface area contributed by atoms with Crippen LogP contribution >= 0.6 is 0 Å². The number of amides is 7. The predicted molar refractivity (Wildman–Crippen MR) is 226 cm³/mol. The van der Waals surface area contributed by atoms with Crippen LogP contribution in [0.3, 0.4) is 0 Å². The molecule has 6 aromatic rings. The molecule has 7 N–H and O–H groups in total. The van der Waals surface area contributed by atoms with Crippen LogP contribution in [0.1, 0.15) is 16.7 Å². The third kappa shape index (κ3) is 10.8. The summed E-state index contributed by atoms with van der Waals surface area (Å²) in [6, 6.07) is 35.7. The van der Waals surface area contributed by atoms with Gasteiger partial charge in [0.15, 0.2) is 0 Å². The second kappa shape index (κ2) is 17.9. The molecule has 0 aromatic heterocycles. The van der Waals surface area contributed by atoms with Crippen LogP contribution in [0.2, 0.25) is 0 Å². The molecule has 0 bridgehead atoms. The molecule has 0 spiro atoms. The van der Waals surface area contributed by atoms with Gasteiger partial charge in [-0.1, -0.05) is 48.0 Å². The molecule has 7 amide bonds. The molecular weight excluding hydrogens is 759 g/mol. The summed E-state index contributed by atoms with van der Waals surface area (Å²) in [5.41, 5.74) is 5.62. The van der Waals surface area contributed by atoms with Crippen molar-refractivity contribution < 1.29 is 32.3 Å². The smallest absolute Gasteiger partial charge is 0.410 e. The molecule has 15 heteroatoms. The van der Waals surface area contributed by atoms with E-state index in [4.69, 9.17) is 4.74 Å². The number of sulfone groups is 1. The van der Waals surface area contributed by atoms with E-state index >= 15 is 0 Å². The molecule has 58 heavy (non-hydrogen) atoms. The van der Waals surface area contributed by atoms with Crippen molar-refractivity contribution in [3.8, 4) is 5.75 Å². The van der Waals surface area contributed by atoms with Gasteiger partial charge in [0.2, 0.25) is 9.84 Å². The van der Waals surface area contributed by atoms with Gasteiger partial charge >= 0.3 is 24.2 Å². The Hall–Kier alpha value is -7.65. The lowest BCUT2D eigenvalue weighted by Crippen LogP contribution is -2.21. The van der Waals surface area contributed by atoms with Gasteiger partial charge in [-0.3, -0.25) is 5.32 Å². The van der Waals surface area contributed by atoms with Gasteiger partial charge in [0.25, 0.3) is 0 Å². The van der Waals surface area contributed by atoms with Gasteiger partial charge in [0, 0.05) is 39.8 Å². The fourth-order valence-corrected chi connectivity index (χ4v) is 6.74. The second-order valence-corrected chi connectivity index (χ2v) is 15.0. The van der Waals surface area contributed by atoms with E-state index in [0.717, 1.165) is 16.7 Å². The molecule has 6 rings (SSSR count). The first-order chi connectivity index (χ1) is 27.8. The SMILES string of the molecule is Cc1ccc(NC(=O)Nc2ccc(C)c(NC(=O)Nc3ccc(S(=O)(=O)c4ccc(NC(=O)Nc5ccc(C)c(NC(=O)Oc6ccccc6)c5)cc4)cc3)c2)cc1. The molecule has 6 aromatic carbocycles. The largest absolute Gasteiger partial charge is 0.417 e. The number of rotatable bonds is 10. The summed E-state index contributed by atoms with van der Waals surface area (Å²) in [4.78, 5) is 50.5. The maximum absolute atomic E-state index is 13.4. The third-order valence-electron chi connectivity index (χ3n) is 8.58. The zero-order valence-corrected chi connectivity index (χ0v) is 32.4. The van der Waals surface area contributed by atoms with Gasteiger partial charge in [-0.05, 0) is 129 Å². The Kier molecular flexibility index (Phi) is 12.3. The molecule has 0 atom stereocenters. The highest BCUT2D eigenvalue weighted by molar-refractivity contribution is 7.91. The van der Waals surface area contributed by atoms with Crippen molar-refractivity contribution in [1.29, 1.82) is 0 Å². The van der Waals surface area contributed by atoms with Gasteiger partial charge in [-0.25, -0.2) is 27.6 Å². The molecule has 0 aliphatic heterocycles. The van der Waals surface area contributed by atoms with Crippen LogP contribution in [0.4, 0.5) is 59.0 Å². The molecule has 0 aliphatic rings. The van der Waals surface area contributed by atoms with Crippen molar-refractivity contribution in [3.63, 3.8) is 0 Å².